The van der Waals surface area contributed by atoms with Crippen LogP contribution in [0.1, 0.15) is 90.9 Å². The van der Waals surface area contributed by atoms with Crippen molar-refractivity contribution in [2.24, 2.45) is 0 Å². The van der Waals surface area contributed by atoms with Crippen LogP contribution in [-0.4, -0.2) is 48.6 Å². The van der Waals surface area contributed by atoms with Crippen LogP contribution >= 0.6 is 0 Å². The number of unbranched alkanes of at least 4 members (excludes halogenated alkanes) is 2. The number of carbonyl (C=O) groups is 2. The summed E-state index contributed by atoms with van der Waals surface area (Å²) >= 11 is 0. The predicted molar refractivity (Wildman–Crippen MR) is 193 cm³/mol. The smallest absolute Gasteiger partial charge is 0.419 e. The number of hydrogen-bond donors (Lipinski definition) is 1. The van der Waals surface area contributed by atoms with Crippen LogP contribution in [0, 0.1) is 18.6 Å². The zero-order valence-corrected chi connectivity index (χ0v) is 30.8. The molecule has 0 fully saturated rings. The normalized spacial score (nSPS) is 12.8. The number of benzene rings is 2. The number of alkyl halides is 5. The van der Waals surface area contributed by atoms with Gasteiger partial charge in [-0.2, -0.15) is 13.2 Å². The second-order valence-corrected chi connectivity index (χ2v) is 13.2. The third-order valence-corrected chi connectivity index (χ3v) is 8.84. The lowest BCUT2D eigenvalue weighted by molar-refractivity contribution is -0.144. The first kappa shape index (κ1) is 43.7. The molecule has 0 aliphatic carbocycles. The standard InChI is InChI=1S/C40H46F7N3O4/c1-7-10-11-12-14-25-18-28(41)17-24(4)36(25)27-19-30(37(42)31(20-27)40(45,46)47)32(22-35(52)54-9-3)48-39(53)33(13-8-2)50-23-26(15-16-49(5)6)29(38(43)44)21-34(50)51/h7-8,17-21,23,32-33,38H,1-2,9-16,22H2,3-6H3,(H,48,53)/t32-,33-/m0/s1. The van der Waals surface area contributed by atoms with E-state index in [1.54, 1.807) is 25.1 Å². The number of aromatic nitrogens is 1. The summed E-state index contributed by atoms with van der Waals surface area (Å²) in [6.07, 6.45) is -2.97. The minimum atomic E-state index is -5.24. The molecule has 7 nitrogen and oxygen atoms in total. The summed E-state index contributed by atoms with van der Waals surface area (Å²) < 4.78 is 108. The Labute approximate surface area is 310 Å². The van der Waals surface area contributed by atoms with E-state index in [2.05, 4.69) is 18.5 Å². The number of ether oxygens (including phenoxy) is 1. The number of rotatable bonds is 19. The van der Waals surface area contributed by atoms with Crippen LogP contribution < -0.4 is 10.9 Å². The molecule has 0 aliphatic heterocycles. The van der Waals surface area contributed by atoms with Gasteiger partial charge in [0.15, 0.2) is 0 Å². The molecular formula is C40H46F7N3O4. The Balaban J connectivity index is 2.26. The maximum absolute atomic E-state index is 16.2. The second-order valence-electron chi connectivity index (χ2n) is 13.2. The van der Waals surface area contributed by atoms with Gasteiger partial charge in [-0.25, -0.2) is 17.6 Å². The van der Waals surface area contributed by atoms with Crippen molar-refractivity contribution in [3.63, 3.8) is 0 Å². The maximum Gasteiger partial charge on any atom is 0.419 e. The maximum atomic E-state index is 16.2. The Morgan fingerprint density at radius 2 is 1.69 bits per heavy atom. The SMILES string of the molecule is C=CCCCCc1cc(F)cc(C)c1-c1cc([C@H](CC(=O)OCC)NC(=O)[C@H](CC=C)n2cc(CCN(C)C)c(C(F)F)cc2=O)c(F)c(C(F)(F)F)c1. The van der Waals surface area contributed by atoms with Gasteiger partial charge in [0, 0.05) is 29.9 Å². The lowest BCUT2D eigenvalue weighted by Crippen LogP contribution is -2.40. The molecule has 0 spiro atoms. The van der Waals surface area contributed by atoms with Gasteiger partial charge >= 0.3 is 12.1 Å². The molecule has 0 unspecified atom stereocenters. The molecule has 294 valence electrons. The average Bonchev–Trinajstić information content (AvgIpc) is 3.07. The number of likely N-dealkylation sites (N-methyl/N-ethyl adjacent to an activating group) is 1. The molecule has 0 aliphatic rings. The highest BCUT2D eigenvalue weighted by molar-refractivity contribution is 5.82. The van der Waals surface area contributed by atoms with Crippen LogP contribution in [-0.2, 0) is 33.3 Å². The van der Waals surface area contributed by atoms with E-state index in [4.69, 9.17) is 4.74 Å². The van der Waals surface area contributed by atoms with Gasteiger partial charge in [0.05, 0.1) is 24.6 Å². The van der Waals surface area contributed by atoms with Crippen molar-refractivity contribution in [2.75, 3.05) is 27.2 Å². The summed E-state index contributed by atoms with van der Waals surface area (Å²) in [5.41, 5.74) is -3.09. The lowest BCUT2D eigenvalue weighted by Gasteiger charge is -2.26. The van der Waals surface area contributed by atoms with Crippen molar-refractivity contribution < 1.29 is 45.1 Å². The van der Waals surface area contributed by atoms with Crippen molar-refractivity contribution in [1.82, 2.24) is 14.8 Å². The number of aryl methyl sites for hydroxylation is 2. The molecule has 1 aromatic heterocycles. The number of carbonyl (C=O) groups excluding carboxylic acids is 2. The predicted octanol–water partition coefficient (Wildman–Crippen LogP) is 8.99. The fourth-order valence-corrected chi connectivity index (χ4v) is 6.28. The van der Waals surface area contributed by atoms with Gasteiger partial charge in [-0.1, -0.05) is 12.2 Å². The molecule has 54 heavy (non-hydrogen) atoms. The number of pyridine rings is 1. The monoisotopic (exact) mass is 765 g/mol. The van der Waals surface area contributed by atoms with Crippen molar-refractivity contribution in [3.05, 3.63) is 117 Å². The van der Waals surface area contributed by atoms with E-state index >= 15 is 4.39 Å². The van der Waals surface area contributed by atoms with Crippen LogP contribution in [0.5, 0.6) is 0 Å². The first-order valence-corrected chi connectivity index (χ1v) is 17.5. The van der Waals surface area contributed by atoms with Crippen molar-refractivity contribution >= 4 is 11.9 Å². The van der Waals surface area contributed by atoms with Crippen LogP contribution in [0.2, 0.25) is 0 Å². The number of nitrogens with zero attached hydrogens (tertiary/aromatic N) is 2. The van der Waals surface area contributed by atoms with Crippen LogP contribution in [0.3, 0.4) is 0 Å². The quantitative estimate of drug-likeness (QED) is 0.0571. The third kappa shape index (κ3) is 11.4. The van der Waals surface area contributed by atoms with Crippen LogP contribution in [0.15, 0.2) is 66.6 Å². The highest BCUT2D eigenvalue weighted by Crippen LogP contribution is 2.40. The summed E-state index contributed by atoms with van der Waals surface area (Å²) in [6, 6.07) is 1.48. The lowest BCUT2D eigenvalue weighted by atomic mass is 9.88. The molecular weight excluding hydrogens is 719 g/mol. The van der Waals surface area contributed by atoms with Crippen LogP contribution in [0.25, 0.3) is 11.1 Å². The van der Waals surface area contributed by atoms with Crippen molar-refractivity contribution in [3.8, 4) is 11.1 Å². The zero-order valence-electron chi connectivity index (χ0n) is 30.8. The van der Waals surface area contributed by atoms with Gasteiger partial charge in [-0.15, -0.1) is 13.2 Å². The second kappa shape index (κ2) is 19.6. The highest BCUT2D eigenvalue weighted by Gasteiger charge is 2.38. The van der Waals surface area contributed by atoms with Gasteiger partial charge in [-0.3, -0.25) is 14.4 Å². The van der Waals surface area contributed by atoms with Gasteiger partial charge in [0.1, 0.15) is 17.7 Å². The van der Waals surface area contributed by atoms with Gasteiger partial charge < -0.3 is 19.5 Å². The van der Waals surface area contributed by atoms with Crippen molar-refractivity contribution in [2.45, 2.75) is 83.5 Å². The van der Waals surface area contributed by atoms with Crippen molar-refractivity contribution in [1.29, 1.82) is 0 Å². The summed E-state index contributed by atoms with van der Waals surface area (Å²) in [6.45, 7) is 10.4. The molecule has 0 bridgehead atoms. The Bertz CT molecular complexity index is 1870. The highest BCUT2D eigenvalue weighted by atomic mass is 19.4. The Kier molecular flexibility index (Phi) is 15.8. The van der Waals surface area contributed by atoms with E-state index < -0.39 is 76.9 Å². The summed E-state index contributed by atoms with van der Waals surface area (Å²) in [5, 5.41) is 2.44. The average molecular weight is 766 g/mol. The summed E-state index contributed by atoms with van der Waals surface area (Å²) in [5.74, 6) is -4.39. The molecule has 1 N–H and O–H groups in total. The minimum Gasteiger partial charge on any atom is -0.466 e. The summed E-state index contributed by atoms with van der Waals surface area (Å²) in [7, 11) is 3.44. The topological polar surface area (TPSA) is 80.6 Å². The fourth-order valence-electron chi connectivity index (χ4n) is 6.28. The Hall–Kier alpha value is -4.72. The van der Waals surface area contributed by atoms with E-state index in [1.165, 1.54) is 26.0 Å². The van der Waals surface area contributed by atoms with Gasteiger partial charge in [0.25, 0.3) is 12.0 Å². The molecule has 0 saturated heterocycles. The molecule has 2 atom stereocenters. The van der Waals surface area contributed by atoms with Gasteiger partial charge in [-0.05, 0) is 119 Å². The molecule has 1 amide bonds. The molecule has 3 aromatic rings. The zero-order chi connectivity index (χ0) is 40.3. The number of hydrogen-bond acceptors (Lipinski definition) is 5. The largest absolute Gasteiger partial charge is 0.466 e. The minimum absolute atomic E-state index is 0.0757. The molecule has 2 aromatic carbocycles. The molecule has 3 rings (SSSR count). The first-order valence-electron chi connectivity index (χ1n) is 17.5. The molecule has 1 heterocycles. The number of amides is 1. The number of esters is 1. The van der Waals surface area contributed by atoms with Gasteiger partial charge in [0.2, 0.25) is 5.91 Å². The van der Waals surface area contributed by atoms with E-state index in [-0.39, 0.29) is 48.1 Å². The number of allylic oxidation sites excluding steroid dienone is 2. The summed E-state index contributed by atoms with van der Waals surface area (Å²) in [4.78, 5) is 41.8. The van der Waals surface area contributed by atoms with E-state index in [1.807, 2.05) is 0 Å². The fraction of sp³-hybridized carbons (Fsp3) is 0.425. The molecule has 0 saturated carbocycles. The van der Waals surface area contributed by atoms with E-state index in [0.29, 0.717) is 43.5 Å². The third-order valence-electron chi connectivity index (χ3n) is 8.84. The number of halogens is 7. The first-order chi connectivity index (χ1) is 25.4. The Morgan fingerprint density at radius 3 is 2.28 bits per heavy atom. The molecule has 0 radical (unpaired) electrons. The number of nitrogens with one attached hydrogen (secondary N) is 1. The molecule has 14 heteroatoms. The Morgan fingerprint density at radius 1 is 0.981 bits per heavy atom. The van der Waals surface area contributed by atoms with E-state index in [0.717, 1.165) is 22.9 Å². The van der Waals surface area contributed by atoms with Crippen LogP contribution in [0.4, 0.5) is 30.7 Å². The van der Waals surface area contributed by atoms with E-state index in [9.17, 15) is 40.7 Å².